The number of fused-ring (bicyclic) bond motifs is 1. The largest absolute Gasteiger partial charge is 0.330 e. The molecule has 0 aliphatic heterocycles. The van der Waals surface area contributed by atoms with Crippen molar-refractivity contribution >= 4 is 6.08 Å². The Labute approximate surface area is 85.6 Å². The predicted octanol–water partition coefficient (Wildman–Crippen LogP) is 2.71. The highest BCUT2D eigenvalue weighted by Gasteiger charge is 2.15. The van der Waals surface area contributed by atoms with Crippen LogP contribution in [0.25, 0.3) is 6.08 Å². The van der Waals surface area contributed by atoms with Crippen molar-refractivity contribution in [3.05, 3.63) is 41.0 Å². The lowest BCUT2D eigenvalue weighted by Crippen LogP contribution is -2.04. The van der Waals surface area contributed by atoms with Crippen LogP contribution in [0.3, 0.4) is 0 Å². The summed E-state index contributed by atoms with van der Waals surface area (Å²) in [6.07, 6.45) is 6.68. The highest BCUT2D eigenvalue weighted by Crippen LogP contribution is 2.32. The Morgan fingerprint density at radius 2 is 2.21 bits per heavy atom. The van der Waals surface area contributed by atoms with Crippen LogP contribution in [0.15, 0.2) is 24.3 Å². The van der Waals surface area contributed by atoms with Gasteiger partial charge in [-0.05, 0) is 36.1 Å². The third-order valence-electron chi connectivity index (χ3n) is 2.94. The second-order valence-corrected chi connectivity index (χ2v) is 3.86. The molecular formula is C13H17N. The molecule has 0 radical (unpaired) electrons. The summed E-state index contributed by atoms with van der Waals surface area (Å²) in [5.74, 6) is 0.556. The SMILES string of the molecule is CCc1ccc2c(c1)C=CC2CCN. The lowest BCUT2D eigenvalue weighted by Gasteiger charge is -2.10. The number of benzene rings is 1. The summed E-state index contributed by atoms with van der Waals surface area (Å²) in [7, 11) is 0. The first-order chi connectivity index (χ1) is 6.85. The van der Waals surface area contributed by atoms with Crippen molar-refractivity contribution in [1.82, 2.24) is 0 Å². The molecular weight excluding hydrogens is 170 g/mol. The summed E-state index contributed by atoms with van der Waals surface area (Å²) < 4.78 is 0. The smallest absolute Gasteiger partial charge is 0.00392 e. The standard InChI is InChI=1S/C13H17N/c1-2-10-3-6-13-11(7-8-14)4-5-12(13)9-10/h3-6,9,11H,2,7-8,14H2,1H3. The minimum absolute atomic E-state index is 0.556. The molecule has 2 N–H and O–H groups in total. The van der Waals surface area contributed by atoms with E-state index in [-0.39, 0.29) is 0 Å². The Hall–Kier alpha value is -1.08. The highest BCUT2D eigenvalue weighted by atomic mass is 14.5. The van der Waals surface area contributed by atoms with Crippen molar-refractivity contribution in [3.8, 4) is 0 Å². The summed E-state index contributed by atoms with van der Waals surface area (Å²) in [6, 6.07) is 6.78. The van der Waals surface area contributed by atoms with Gasteiger partial charge >= 0.3 is 0 Å². The van der Waals surface area contributed by atoms with Gasteiger partial charge < -0.3 is 5.73 Å². The van der Waals surface area contributed by atoms with Gasteiger partial charge in [0.25, 0.3) is 0 Å². The quantitative estimate of drug-likeness (QED) is 0.773. The Morgan fingerprint density at radius 3 is 2.93 bits per heavy atom. The molecule has 0 amide bonds. The number of nitrogens with two attached hydrogens (primary N) is 1. The molecule has 0 spiro atoms. The van der Waals surface area contributed by atoms with E-state index in [4.69, 9.17) is 5.73 Å². The van der Waals surface area contributed by atoms with Crippen LogP contribution in [0, 0.1) is 0 Å². The molecule has 1 aromatic carbocycles. The van der Waals surface area contributed by atoms with Gasteiger partial charge in [0.1, 0.15) is 0 Å². The Kier molecular flexibility index (Phi) is 2.69. The summed E-state index contributed by atoms with van der Waals surface area (Å²) in [4.78, 5) is 0. The maximum atomic E-state index is 5.59. The van der Waals surface area contributed by atoms with Crippen LogP contribution in [-0.2, 0) is 6.42 Å². The van der Waals surface area contributed by atoms with Gasteiger partial charge in [-0.1, -0.05) is 37.3 Å². The Morgan fingerprint density at radius 1 is 1.36 bits per heavy atom. The monoisotopic (exact) mass is 187 g/mol. The summed E-state index contributed by atoms with van der Waals surface area (Å²) in [5.41, 5.74) is 9.85. The van der Waals surface area contributed by atoms with E-state index < -0.39 is 0 Å². The zero-order valence-corrected chi connectivity index (χ0v) is 8.66. The van der Waals surface area contributed by atoms with Crippen molar-refractivity contribution in [1.29, 1.82) is 0 Å². The van der Waals surface area contributed by atoms with Gasteiger partial charge in [-0.3, -0.25) is 0 Å². The lowest BCUT2D eigenvalue weighted by atomic mass is 9.96. The fourth-order valence-corrected chi connectivity index (χ4v) is 2.08. The summed E-state index contributed by atoms with van der Waals surface area (Å²) >= 11 is 0. The van der Waals surface area contributed by atoms with E-state index in [0.717, 1.165) is 19.4 Å². The van der Waals surface area contributed by atoms with Crippen molar-refractivity contribution in [2.45, 2.75) is 25.7 Å². The molecule has 0 aromatic heterocycles. The van der Waals surface area contributed by atoms with Crippen LogP contribution in [0.4, 0.5) is 0 Å². The average molecular weight is 187 g/mol. The average Bonchev–Trinajstić information content (AvgIpc) is 2.61. The van der Waals surface area contributed by atoms with Crippen LogP contribution in [0.2, 0.25) is 0 Å². The van der Waals surface area contributed by atoms with Gasteiger partial charge in [0.05, 0.1) is 0 Å². The normalized spacial score (nSPS) is 18.6. The van der Waals surface area contributed by atoms with Gasteiger partial charge in [-0.25, -0.2) is 0 Å². The molecule has 1 atom stereocenters. The van der Waals surface area contributed by atoms with Crippen LogP contribution in [0.5, 0.6) is 0 Å². The molecule has 1 aromatic rings. The number of aryl methyl sites for hydroxylation is 1. The fourth-order valence-electron chi connectivity index (χ4n) is 2.08. The minimum atomic E-state index is 0.556. The first-order valence-electron chi connectivity index (χ1n) is 5.36. The van der Waals surface area contributed by atoms with E-state index in [1.165, 1.54) is 16.7 Å². The van der Waals surface area contributed by atoms with Gasteiger partial charge in [0.2, 0.25) is 0 Å². The maximum absolute atomic E-state index is 5.59. The van der Waals surface area contributed by atoms with Crippen LogP contribution in [0.1, 0.15) is 36.0 Å². The number of rotatable bonds is 3. The lowest BCUT2D eigenvalue weighted by molar-refractivity contribution is 0.756. The van der Waals surface area contributed by atoms with Gasteiger partial charge in [-0.15, -0.1) is 0 Å². The summed E-state index contributed by atoms with van der Waals surface area (Å²) in [6.45, 7) is 2.96. The molecule has 0 saturated carbocycles. The first-order valence-corrected chi connectivity index (χ1v) is 5.36. The zero-order valence-electron chi connectivity index (χ0n) is 8.66. The topological polar surface area (TPSA) is 26.0 Å². The molecule has 0 saturated heterocycles. The maximum Gasteiger partial charge on any atom is 0.00392 e. The van der Waals surface area contributed by atoms with Crippen LogP contribution >= 0.6 is 0 Å². The Bertz CT molecular complexity index is 352. The first kappa shape index (κ1) is 9.47. The molecule has 14 heavy (non-hydrogen) atoms. The van der Waals surface area contributed by atoms with Crippen molar-refractivity contribution in [2.75, 3.05) is 6.54 Å². The van der Waals surface area contributed by atoms with Crippen LogP contribution < -0.4 is 5.73 Å². The molecule has 0 heterocycles. The molecule has 74 valence electrons. The number of hydrogen-bond acceptors (Lipinski definition) is 1. The molecule has 1 heteroatoms. The second kappa shape index (κ2) is 3.97. The van der Waals surface area contributed by atoms with E-state index in [1.807, 2.05) is 0 Å². The van der Waals surface area contributed by atoms with E-state index in [9.17, 15) is 0 Å². The number of hydrogen-bond donors (Lipinski definition) is 1. The zero-order chi connectivity index (χ0) is 9.97. The molecule has 1 unspecified atom stereocenters. The van der Waals surface area contributed by atoms with E-state index in [0.29, 0.717) is 5.92 Å². The van der Waals surface area contributed by atoms with Gasteiger partial charge in [0, 0.05) is 5.92 Å². The highest BCUT2D eigenvalue weighted by molar-refractivity contribution is 5.63. The van der Waals surface area contributed by atoms with Crippen molar-refractivity contribution in [3.63, 3.8) is 0 Å². The van der Waals surface area contributed by atoms with Crippen molar-refractivity contribution in [2.24, 2.45) is 5.73 Å². The summed E-state index contributed by atoms with van der Waals surface area (Å²) in [5, 5.41) is 0. The molecule has 0 bridgehead atoms. The number of allylic oxidation sites excluding steroid dienone is 1. The minimum Gasteiger partial charge on any atom is -0.330 e. The third kappa shape index (κ3) is 1.60. The molecule has 0 fully saturated rings. The van der Waals surface area contributed by atoms with E-state index in [2.05, 4.69) is 37.3 Å². The third-order valence-corrected chi connectivity index (χ3v) is 2.94. The van der Waals surface area contributed by atoms with Gasteiger partial charge in [0.15, 0.2) is 0 Å². The molecule has 1 nitrogen and oxygen atoms in total. The van der Waals surface area contributed by atoms with Crippen LogP contribution in [-0.4, -0.2) is 6.54 Å². The molecule has 2 rings (SSSR count). The van der Waals surface area contributed by atoms with Crippen molar-refractivity contribution < 1.29 is 0 Å². The predicted molar refractivity (Wildman–Crippen MR) is 61.3 cm³/mol. The fraction of sp³-hybridized carbons (Fsp3) is 0.385. The van der Waals surface area contributed by atoms with E-state index in [1.54, 1.807) is 0 Å². The molecule has 1 aliphatic carbocycles. The molecule has 1 aliphatic rings. The van der Waals surface area contributed by atoms with E-state index >= 15 is 0 Å². The Balaban J connectivity index is 2.29. The second-order valence-electron chi connectivity index (χ2n) is 3.86. The van der Waals surface area contributed by atoms with Gasteiger partial charge in [-0.2, -0.15) is 0 Å².